The van der Waals surface area contributed by atoms with Gasteiger partial charge in [0.05, 0.1) is 11.1 Å². The summed E-state index contributed by atoms with van der Waals surface area (Å²) in [6, 6.07) is 37.1. The maximum atomic E-state index is 11.7. The molecule has 0 radical (unpaired) electrons. The summed E-state index contributed by atoms with van der Waals surface area (Å²) in [4.78, 5) is 23.4. The van der Waals surface area contributed by atoms with Crippen LogP contribution in [0.3, 0.4) is 0 Å². The van der Waals surface area contributed by atoms with Crippen molar-refractivity contribution in [2.45, 2.75) is 60.2 Å². The Bertz CT molecular complexity index is 1450. The number of hydrogen-bond acceptors (Lipinski definition) is 2. The van der Waals surface area contributed by atoms with Crippen LogP contribution >= 0.6 is 0 Å². The first-order valence-corrected chi connectivity index (χ1v) is 14.1. The van der Waals surface area contributed by atoms with Gasteiger partial charge in [-0.1, -0.05) is 84.9 Å². The Morgan fingerprint density at radius 3 is 0.900 bits per heavy atom. The molecule has 0 aromatic heterocycles. The quantitative estimate of drug-likeness (QED) is 0.271. The first-order chi connectivity index (χ1) is 19.3. The van der Waals surface area contributed by atoms with Crippen LogP contribution in [-0.2, 0) is 21.7 Å². The molecule has 4 nitrogen and oxygen atoms in total. The van der Waals surface area contributed by atoms with Gasteiger partial charge in [0.25, 0.3) is 0 Å². The topological polar surface area (TPSA) is 74.6 Å². The Kier molecular flexibility index (Phi) is 5.38. The second-order valence-electron chi connectivity index (χ2n) is 12.7. The molecule has 4 aliphatic carbocycles. The smallest absolute Gasteiger partial charge is 0.335 e. The molecule has 0 atom stereocenters. The summed E-state index contributed by atoms with van der Waals surface area (Å²) in [7, 11) is 0. The standard InChI is InChI=1S/C36H32O4/c37-31(38)25-11-15-29(16-12-25)35-20-33(27-7-3-1-4-8-27)19-34(22-35,28-9-5-2-6-10-28)23-36(21-33,24-35)30-17-13-26(14-18-30)32(39)40/h1-18H,19-24H2,(H,37,38)(H,39,40). The predicted octanol–water partition coefficient (Wildman–Crippen LogP) is 7.52. The third-order valence-corrected chi connectivity index (χ3v) is 10.3. The highest BCUT2D eigenvalue weighted by molar-refractivity contribution is 5.88. The van der Waals surface area contributed by atoms with E-state index >= 15 is 0 Å². The zero-order valence-electron chi connectivity index (χ0n) is 22.3. The van der Waals surface area contributed by atoms with Crippen LogP contribution in [0.5, 0.6) is 0 Å². The summed E-state index contributed by atoms with van der Waals surface area (Å²) in [5, 5.41) is 19.2. The first kappa shape index (κ1) is 24.8. The van der Waals surface area contributed by atoms with Crippen LogP contribution in [0.2, 0.25) is 0 Å². The minimum absolute atomic E-state index is 0.0667. The summed E-state index contributed by atoms with van der Waals surface area (Å²) >= 11 is 0. The third kappa shape index (κ3) is 3.66. The molecule has 4 fully saturated rings. The molecule has 0 saturated heterocycles. The molecule has 0 spiro atoms. The molecule has 0 unspecified atom stereocenters. The third-order valence-electron chi connectivity index (χ3n) is 10.3. The minimum atomic E-state index is -0.909. The van der Waals surface area contributed by atoms with E-state index in [-0.39, 0.29) is 21.7 Å². The second-order valence-corrected chi connectivity index (χ2v) is 12.7. The Labute approximate surface area is 234 Å². The molecule has 40 heavy (non-hydrogen) atoms. The lowest BCUT2D eigenvalue weighted by Gasteiger charge is -2.71. The zero-order chi connectivity index (χ0) is 27.6. The molecule has 0 amide bonds. The van der Waals surface area contributed by atoms with E-state index in [0.29, 0.717) is 11.1 Å². The predicted molar refractivity (Wildman–Crippen MR) is 154 cm³/mol. The number of carboxylic acids is 2. The maximum Gasteiger partial charge on any atom is 0.335 e. The van der Waals surface area contributed by atoms with Gasteiger partial charge in [-0.25, -0.2) is 9.59 Å². The van der Waals surface area contributed by atoms with Gasteiger partial charge in [0.2, 0.25) is 0 Å². The molecule has 4 bridgehead atoms. The first-order valence-electron chi connectivity index (χ1n) is 14.1. The maximum absolute atomic E-state index is 11.7. The second kappa shape index (κ2) is 8.66. The number of hydrogen-bond donors (Lipinski definition) is 2. The van der Waals surface area contributed by atoms with Crippen molar-refractivity contribution >= 4 is 11.9 Å². The highest BCUT2D eigenvalue weighted by atomic mass is 16.4. The fraction of sp³-hybridized carbons (Fsp3) is 0.278. The summed E-state index contributed by atoms with van der Waals surface area (Å²) in [5.41, 5.74) is 5.34. The van der Waals surface area contributed by atoms with E-state index in [1.54, 1.807) is 24.3 Å². The molecule has 8 rings (SSSR count). The van der Waals surface area contributed by atoms with E-state index in [9.17, 15) is 19.8 Å². The van der Waals surface area contributed by atoms with Gasteiger partial charge in [-0.15, -0.1) is 0 Å². The Hall–Kier alpha value is -4.18. The lowest BCUT2D eigenvalue weighted by Crippen LogP contribution is -2.67. The van der Waals surface area contributed by atoms with Crippen LogP contribution in [0.1, 0.15) is 81.5 Å². The van der Waals surface area contributed by atoms with Crippen LogP contribution in [-0.4, -0.2) is 22.2 Å². The molecule has 4 heteroatoms. The fourth-order valence-electron chi connectivity index (χ4n) is 9.38. The van der Waals surface area contributed by atoms with Crippen LogP contribution in [0, 0.1) is 0 Å². The van der Waals surface area contributed by atoms with E-state index < -0.39 is 11.9 Å². The van der Waals surface area contributed by atoms with Crippen molar-refractivity contribution in [1.29, 1.82) is 0 Å². The number of benzene rings is 4. The highest BCUT2D eigenvalue weighted by Crippen LogP contribution is 2.74. The van der Waals surface area contributed by atoms with E-state index in [1.807, 2.05) is 0 Å². The van der Waals surface area contributed by atoms with Crippen molar-refractivity contribution in [3.63, 3.8) is 0 Å². The summed E-state index contributed by atoms with van der Waals surface area (Å²) < 4.78 is 0. The number of rotatable bonds is 6. The monoisotopic (exact) mass is 528 g/mol. The van der Waals surface area contributed by atoms with Gasteiger partial charge in [-0.2, -0.15) is 0 Å². The van der Waals surface area contributed by atoms with E-state index in [0.717, 1.165) is 38.5 Å². The Morgan fingerprint density at radius 2 is 0.650 bits per heavy atom. The number of carbonyl (C=O) groups is 2. The molecule has 0 aliphatic heterocycles. The average Bonchev–Trinajstić information content (AvgIpc) is 2.97. The Morgan fingerprint density at radius 1 is 0.400 bits per heavy atom. The van der Waals surface area contributed by atoms with Gasteiger partial charge >= 0.3 is 11.9 Å². The molecule has 2 N–H and O–H groups in total. The lowest BCUT2D eigenvalue weighted by molar-refractivity contribution is -0.0692. The summed E-state index contributed by atoms with van der Waals surface area (Å²) in [6.07, 6.45) is 6.08. The largest absolute Gasteiger partial charge is 0.478 e. The van der Waals surface area contributed by atoms with Gasteiger partial charge < -0.3 is 10.2 Å². The van der Waals surface area contributed by atoms with E-state index in [2.05, 4.69) is 84.9 Å². The van der Waals surface area contributed by atoms with Crippen molar-refractivity contribution in [3.8, 4) is 0 Å². The Balaban J connectivity index is 1.48. The van der Waals surface area contributed by atoms with Gasteiger partial charge in [-0.3, -0.25) is 0 Å². The van der Waals surface area contributed by atoms with Crippen molar-refractivity contribution < 1.29 is 19.8 Å². The molecule has 4 saturated carbocycles. The molecular weight excluding hydrogens is 496 g/mol. The van der Waals surface area contributed by atoms with Crippen molar-refractivity contribution in [2.24, 2.45) is 0 Å². The zero-order valence-corrected chi connectivity index (χ0v) is 22.3. The number of aromatic carboxylic acids is 2. The molecule has 200 valence electrons. The number of carboxylic acid groups (broad SMARTS) is 2. The lowest BCUT2D eigenvalue weighted by atomic mass is 9.32. The highest BCUT2D eigenvalue weighted by Gasteiger charge is 2.69. The molecule has 4 aliphatic rings. The van der Waals surface area contributed by atoms with Crippen LogP contribution in [0.25, 0.3) is 0 Å². The average molecular weight is 529 g/mol. The van der Waals surface area contributed by atoms with Gasteiger partial charge in [0.1, 0.15) is 0 Å². The minimum Gasteiger partial charge on any atom is -0.478 e. The SMILES string of the molecule is O=C(O)c1ccc(C23CC4(c5ccccc5)CC(c5ccccc5)(C2)CC(c2ccc(C(=O)O)cc2)(C4)C3)cc1. The van der Waals surface area contributed by atoms with Crippen LogP contribution in [0.4, 0.5) is 0 Å². The van der Waals surface area contributed by atoms with E-state index in [1.165, 1.54) is 22.3 Å². The molecule has 4 aromatic carbocycles. The summed E-state index contributed by atoms with van der Waals surface area (Å²) in [6.45, 7) is 0. The molecule has 4 aromatic rings. The van der Waals surface area contributed by atoms with Gasteiger partial charge in [-0.05, 0) is 107 Å². The van der Waals surface area contributed by atoms with Crippen molar-refractivity contribution in [3.05, 3.63) is 143 Å². The molecular formula is C36H32O4. The van der Waals surface area contributed by atoms with Crippen molar-refractivity contribution in [2.75, 3.05) is 0 Å². The van der Waals surface area contributed by atoms with Crippen LogP contribution in [0.15, 0.2) is 109 Å². The normalized spacial score (nSPS) is 30.2. The van der Waals surface area contributed by atoms with Gasteiger partial charge in [0, 0.05) is 0 Å². The fourth-order valence-corrected chi connectivity index (χ4v) is 9.38. The summed E-state index contributed by atoms with van der Waals surface area (Å²) in [5.74, 6) is -1.82. The van der Waals surface area contributed by atoms with Gasteiger partial charge in [0.15, 0.2) is 0 Å². The van der Waals surface area contributed by atoms with Crippen molar-refractivity contribution in [1.82, 2.24) is 0 Å². The van der Waals surface area contributed by atoms with E-state index in [4.69, 9.17) is 0 Å². The molecule has 0 heterocycles. The van der Waals surface area contributed by atoms with Crippen LogP contribution < -0.4 is 0 Å².